The quantitative estimate of drug-likeness (QED) is 0.0417. The zero-order valence-electron chi connectivity index (χ0n) is 27.5. The van der Waals surface area contributed by atoms with Crippen LogP contribution < -0.4 is 45.7 Å². The highest BCUT2D eigenvalue weighted by atomic mass is 35.5. The molecule has 0 saturated carbocycles. The lowest BCUT2D eigenvalue weighted by Gasteiger charge is -2.30. The lowest BCUT2D eigenvalue weighted by atomic mass is 9.97. The van der Waals surface area contributed by atoms with E-state index >= 15 is 0 Å². The average Bonchev–Trinajstić information content (AvgIpc) is 3.48. The van der Waals surface area contributed by atoms with Crippen LogP contribution in [0, 0.1) is 24.0 Å². The van der Waals surface area contributed by atoms with Crippen LogP contribution in [-0.2, 0) is 0 Å². The molecule has 14 heteroatoms. The summed E-state index contributed by atoms with van der Waals surface area (Å²) in [7, 11) is 18.7. The van der Waals surface area contributed by atoms with E-state index < -0.39 is 0 Å². The summed E-state index contributed by atoms with van der Waals surface area (Å²) in [6, 6.07) is 15.3. The highest BCUT2D eigenvalue weighted by Gasteiger charge is 2.35. The molecule has 1 fully saturated rings. The zero-order chi connectivity index (χ0) is 31.8. The second-order valence-electron chi connectivity index (χ2n) is 13.7. The smallest absolute Gasteiger partial charge is 0.321 e. The Morgan fingerprint density at radius 3 is 1.83 bits per heavy atom. The first-order chi connectivity index (χ1) is 20.7. The molecule has 0 spiro atoms. The summed E-state index contributed by atoms with van der Waals surface area (Å²) >= 11 is 0. The standard InChI is InChI=1S/C32H45N10O2.2ClH/c1-35(33)30-25-12-8-10-14-27(25)31(28-15-11-9-13-26(28)30)38(24-29-36(16-18-39(29)43)20-22-41(2,3)4)34-32-37(17-19-40(32)44)21-23-42(5,6)7;;/h1,8-15,24,40H,16-23H2,2-7H3;2*1H/q+2;;/p-2. The molecular formula is C32H45Cl2N10O2. The number of anilines is 2. The van der Waals surface area contributed by atoms with Crippen molar-refractivity contribution in [2.75, 3.05) is 105 Å². The summed E-state index contributed by atoms with van der Waals surface area (Å²) in [4.78, 5) is 4.13. The van der Waals surface area contributed by atoms with E-state index in [0.29, 0.717) is 78.2 Å². The van der Waals surface area contributed by atoms with Gasteiger partial charge in [0.05, 0.1) is 80.3 Å². The first-order valence-electron chi connectivity index (χ1n) is 15.1. The average molecular weight is 673 g/mol. The van der Waals surface area contributed by atoms with Gasteiger partial charge in [-0.3, -0.25) is 19.5 Å². The summed E-state index contributed by atoms with van der Waals surface area (Å²) in [5, 5.41) is 37.0. The third kappa shape index (κ3) is 8.24. The number of guanidine groups is 1. The number of halogens is 2. The minimum atomic E-state index is -0.0316. The number of hydrogen-bond donors (Lipinski definition) is 1. The molecule has 3 aromatic rings. The number of nitrogens with one attached hydrogen (secondary N) is 1. The molecule has 249 valence electrons. The molecule has 46 heavy (non-hydrogen) atoms. The van der Waals surface area contributed by atoms with E-state index in [4.69, 9.17) is 12.1 Å². The largest absolute Gasteiger partial charge is 1.00 e. The number of rotatable bonds is 11. The van der Waals surface area contributed by atoms with Gasteiger partial charge in [-0.05, 0) is 5.84 Å². The fourth-order valence-corrected chi connectivity index (χ4v) is 5.71. The molecule has 5 rings (SSSR count). The Morgan fingerprint density at radius 1 is 0.870 bits per heavy atom. The molecule has 0 bridgehead atoms. The Balaban J connectivity index is 0.00000288. The van der Waals surface area contributed by atoms with Gasteiger partial charge < -0.3 is 49.3 Å². The van der Waals surface area contributed by atoms with Gasteiger partial charge in [0.25, 0.3) is 5.84 Å². The fraction of sp³-hybridized carbons (Fsp3) is 0.438. The Hall–Kier alpha value is -3.10. The number of hydrazone groups is 1. The Kier molecular flexibility index (Phi) is 12.0. The molecule has 2 aliphatic rings. The summed E-state index contributed by atoms with van der Waals surface area (Å²) in [6.07, 6.45) is 0. The van der Waals surface area contributed by atoms with Crippen molar-refractivity contribution < 1.29 is 43.6 Å². The van der Waals surface area contributed by atoms with E-state index in [1.807, 2.05) is 53.4 Å². The molecule has 5 radical (unpaired) electrons. The van der Waals surface area contributed by atoms with Gasteiger partial charge in [0.2, 0.25) is 0 Å². The molecule has 0 amide bonds. The van der Waals surface area contributed by atoms with Gasteiger partial charge in [-0.15, -0.1) is 0 Å². The molecule has 0 aromatic heterocycles. The number of quaternary nitrogens is 3. The topological polar surface area (TPSA) is 101 Å². The molecule has 1 unspecified atom stereocenters. The predicted octanol–water partition coefficient (Wildman–Crippen LogP) is -4.97. The third-order valence-electron chi connectivity index (χ3n) is 8.16. The van der Waals surface area contributed by atoms with Crippen molar-refractivity contribution in [1.29, 1.82) is 0 Å². The summed E-state index contributed by atoms with van der Waals surface area (Å²) in [5.74, 6) is 11.4. The van der Waals surface area contributed by atoms with Gasteiger partial charge in [-0.1, -0.05) is 53.6 Å². The molecular weight excluding hydrogens is 627 g/mol. The van der Waals surface area contributed by atoms with E-state index in [-0.39, 0.29) is 29.9 Å². The first-order valence-corrected chi connectivity index (χ1v) is 15.1. The molecule has 2 aliphatic heterocycles. The summed E-state index contributed by atoms with van der Waals surface area (Å²) in [6.45, 7) is 6.74. The van der Waals surface area contributed by atoms with Crippen LogP contribution in [0.4, 0.5) is 11.4 Å². The molecule has 3 aromatic carbocycles. The van der Waals surface area contributed by atoms with Gasteiger partial charge in [-0.25, -0.2) is 5.01 Å². The predicted molar refractivity (Wildman–Crippen MR) is 176 cm³/mol. The minimum Gasteiger partial charge on any atom is -1.00 e. The van der Waals surface area contributed by atoms with Crippen molar-refractivity contribution in [3.8, 4) is 0 Å². The number of hydrogen-bond acceptors (Lipinski definition) is 6. The van der Waals surface area contributed by atoms with E-state index in [1.165, 1.54) is 0 Å². The van der Waals surface area contributed by atoms with Crippen LogP contribution in [-0.4, -0.2) is 130 Å². The van der Waals surface area contributed by atoms with Gasteiger partial charge >= 0.3 is 5.96 Å². The zero-order valence-corrected chi connectivity index (χ0v) is 29.0. The molecule has 12 nitrogen and oxygen atoms in total. The maximum Gasteiger partial charge on any atom is 0.321 e. The van der Waals surface area contributed by atoms with Crippen LogP contribution in [0.1, 0.15) is 0 Å². The Morgan fingerprint density at radius 2 is 1.35 bits per heavy atom. The maximum atomic E-state index is 13.4. The Labute approximate surface area is 285 Å². The summed E-state index contributed by atoms with van der Waals surface area (Å²) < 4.78 is 2.52. The molecule has 1 saturated heterocycles. The minimum absolute atomic E-state index is 0. The van der Waals surface area contributed by atoms with Crippen molar-refractivity contribution in [3.63, 3.8) is 0 Å². The number of hydroxylamine groups is 3. The van der Waals surface area contributed by atoms with Crippen LogP contribution in [0.2, 0.25) is 0 Å². The monoisotopic (exact) mass is 671 g/mol. The lowest BCUT2D eigenvalue weighted by Crippen LogP contribution is -3.08. The van der Waals surface area contributed by atoms with Gasteiger partial charge in [0.15, 0.2) is 6.54 Å². The lowest BCUT2D eigenvalue weighted by molar-refractivity contribution is -0.869. The molecule has 2 heterocycles. The molecule has 0 aliphatic carbocycles. The third-order valence-corrected chi connectivity index (χ3v) is 8.16. The second-order valence-corrected chi connectivity index (χ2v) is 13.7. The normalized spacial score (nSPS) is 18.0. The van der Waals surface area contributed by atoms with Crippen molar-refractivity contribution in [3.05, 3.63) is 72.5 Å². The van der Waals surface area contributed by atoms with E-state index in [2.05, 4.69) is 47.2 Å². The van der Waals surface area contributed by atoms with Gasteiger partial charge in [-0.2, -0.15) is 0 Å². The highest BCUT2D eigenvalue weighted by Crippen LogP contribution is 2.43. The number of nitrogens with zero attached hydrogens (tertiary/aromatic N) is 9. The van der Waals surface area contributed by atoms with Crippen LogP contribution >= 0.6 is 0 Å². The summed E-state index contributed by atoms with van der Waals surface area (Å²) in [5.41, 5.74) is 1.15. The number of amidine groups is 1. The Bertz CT molecular complexity index is 1510. The van der Waals surface area contributed by atoms with E-state index in [9.17, 15) is 16.3 Å². The van der Waals surface area contributed by atoms with Crippen LogP contribution in [0.3, 0.4) is 0 Å². The number of likely N-dealkylation sites (N-methyl/N-ethyl adjacent to an activating group) is 2. The highest BCUT2D eigenvalue weighted by molar-refractivity contribution is 6.20. The van der Waals surface area contributed by atoms with E-state index in [1.54, 1.807) is 11.6 Å². The second kappa shape index (κ2) is 14.8. The van der Waals surface area contributed by atoms with E-state index in [0.717, 1.165) is 37.6 Å². The van der Waals surface area contributed by atoms with Crippen molar-refractivity contribution in [1.82, 2.24) is 15.6 Å². The van der Waals surface area contributed by atoms with Gasteiger partial charge in [0, 0.05) is 21.5 Å². The molecule has 1 atom stereocenters. The van der Waals surface area contributed by atoms with Crippen LogP contribution in [0.5, 0.6) is 0 Å². The van der Waals surface area contributed by atoms with Crippen molar-refractivity contribution in [2.45, 2.75) is 0 Å². The van der Waals surface area contributed by atoms with Crippen molar-refractivity contribution >= 4 is 44.7 Å². The first kappa shape index (κ1) is 37.4. The number of fused-ring (bicyclic) bond motifs is 2. The SMILES string of the molecule is [CH]N([N])c1c2ccccc2c(N([CH]C2=[N+]([O-])CCN2CC[N+](C)(C)C)N=C2N(CC[N+](C)(C)C)CC[NH+]2[O-])c2ccccc12.[Cl-].[Cl-]. The molecule has 1 N–H and O–H groups in total. The maximum absolute atomic E-state index is 13.4. The number of benzene rings is 3. The van der Waals surface area contributed by atoms with Crippen LogP contribution in [0.15, 0.2) is 53.6 Å². The van der Waals surface area contributed by atoms with Gasteiger partial charge in [0.1, 0.15) is 32.7 Å². The van der Waals surface area contributed by atoms with Crippen LogP contribution in [0.25, 0.3) is 21.5 Å². The fourth-order valence-electron chi connectivity index (χ4n) is 5.71. The van der Waals surface area contributed by atoms with Crippen molar-refractivity contribution in [2.24, 2.45) is 5.10 Å².